The summed E-state index contributed by atoms with van der Waals surface area (Å²) in [7, 11) is -1.43. The van der Waals surface area contributed by atoms with E-state index in [0.717, 1.165) is 25.8 Å². The van der Waals surface area contributed by atoms with Crippen LogP contribution < -0.4 is 10.1 Å². The van der Waals surface area contributed by atoms with Crippen LogP contribution in [0, 0.1) is 5.92 Å². The van der Waals surface area contributed by atoms with Crippen LogP contribution in [-0.4, -0.2) is 46.0 Å². The van der Waals surface area contributed by atoms with Crippen LogP contribution >= 0.6 is 12.4 Å². The summed E-state index contributed by atoms with van der Waals surface area (Å²) in [5, 5.41) is 3.15. The zero-order chi connectivity index (χ0) is 16.0. The molecule has 1 heterocycles. The highest BCUT2D eigenvalue weighted by molar-refractivity contribution is 7.89. The van der Waals surface area contributed by atoms with E-state index in [0.29, 0.717) is 36.3 Å². The van der Waals surface area contributed by atoms with Crippen molar-refractivity contribution < 1.29 is 13.2 Å². The smallest absolute Gasteiger partial charge is 0.243 e. The monoisotopic (exact) mass is 362 g/mol. The lowest BCUT2D eigenvalue weighted by molar-refractivity contribution is 0.263. The van der Waals surface area contributed by atoms with E-state index in [1.165, 1.54) is 0 Å². The highest BCUT2D eigenvalue weighted by atomic mass is 35.5. The molecule has 0 aromatic heterocycles. The van der Waals surface area contributed by atoms with Crippen LogP contribution in [0.4, 0.5) is 0 Å². The van der Waals surface area contributed by atoms with E-state index in [9.17, 15) is 8.42 Å². The van der Waals surface area contributed by atoms with Crippen molar-refractivity contribution >= 4 is 22.4 Å². The molecule has 0 amide bonds. The number of rotatable bonds is 7. The van der Waals surface area contributed by atoms with Crippen molar-refractivity contribution in [2.45, 2.75) is 31.1 Å². The molecule has 5 nitrogen and oxygen atoms in total. The van der Waals surface area contributed by atoms with E-state index in [-0.39, 0.29) is 12.4 Å². The van der Waals surface area contributed by atoms with Gasteiger partial charge in [0, 0.05) is 13.1 Å². The summed E-state index contributed by atoms with van der Waals surface area (Å²) in [6, 6.07) is 6.70. The number of nitrogens with one attached hydrogen (secondary N) is 1. The first-order valence-electron chi connectivity index (χ1n) is 7.95. The molecule has 0 bridgehead atoms. The van der Waals surface area contributed by atoms with E-state index >= 15 is 0 Å². The van der Waals surface area contributed by atoms with Crippen molar-refractivity contribution in [1.29, 1.82) is 0 Å². The molecule has 0 saturated carbocycles. The molecule has 0 spiro atoms. The van der Waals surface area contributed by atoms with Gasteiger partial charge >= 0.3 is 0 Å². The molecule has 1 aliphatic rings. The number of nitrogens with zero attached hydrogens (tertiary/aromatic N) is 1. The maximum atomic E-state index is 12.6. The first kappa shape index (κ1) is 20.2. The molecule has 0 radical (unpaired) electrons. The van der Waals surface area contributed by atoms with E-state index in [1.807, 2.05) is 14.0 Å². The number of hydrogen-bond donors (Lipinski definition) is 1. The topological polar surface area (TPSA) is 58.6 Å². The predicted molar refractivity (Wildman–Crippen MR) is 94.9 cm³/mol. The molecule has 23 heavy (non-hydrogen) atoms. The van der Waals surface area contributed by atoms with Gasteiger partial charge in [0.2, 0.25) is 10.0 Å². The Kier molecular flexibility index (Phi) is 8.33. The van der Waals surface area contributed by atoms with Gasteiger partial charge in [-0.3, -0.25) is 0 Å². The van der Waals surface area contributed by atoms with Crippen LogP contribution in [0.15, 0.2) is 29.2 Å². The molecule has 2 rings (SSSR count). The lowest BCUT2D eigenvalue weighted by Gasteiger charge is -2.31. The molecule has 0 aliphatic carbocycles. The minimum atomic E-state index is -3.38. The average molecular weight is 363 g/mol. The van der Waals surface area contributed by atoms with Crippen LogP contribution in [0.5, 0.6) is 5.75 Å². The van der Waals surface area contributed by atoms with E-state index in [4.69, 9.17) is 4.74 Å². The Morgan fingerprint density at radius 1 is 1.22 bits per heavy atom. The van der Waals surface area contributed by atoms with Crippen LogP contribution in [0.25, 0.3) is 0 Å². The predicted octanol–water partition coefficient (Wildman–Crippen LogP) is 2.52. The van der Waals surface area contributed by atoms with Crippen LogP contribution in [0.3, 0.4) is 0 Å². The molecule has 1 fully saturated rings. The number of benzene rings is 1. The quantitative estimate of drug-likeness (QED) is 0.809. The zero-order valence-corrected chi connectivity index (χ0v) is 15.5. The lowest BCUT2D eigenvalue weighted by Crippen LogP contribution is -2.38. The Labute approximate surface area is 145 Å². The minimum Gasteiger partial charge on any atom is -0.494 e. The largest absolute Gasteiger partial charge is 0.494 e. The van der Waals surface area contributed by atoms with Crippen molar-refractivity contribution in [3.05, 3.63) is 24.3 Å². The van der Waals surface area contributed by atoms with Crippen molar-refractivity contribution in [3.8, 4) is 5.75 Å². The second-order valence-corrected chi connectivity index (χ2v) is 7.58. The fourth-order valence-electron chi connectivity index (χ4n) is 2.81. The molecule has 0 atom stereocenters. The first-order chi connectivity index (χ1) is 10.6. The summed E-state index contributed by atoms with van der Waals surface area (Å²) in [4.78, 5) is 0.352. The van der Waals surface area contributed by atoms with Crippen LogP contribution in [0.1, 0.15) is 26.2 Å². The second-order valence-electron chi connectivity index (χ2n) is 5.64. The molecular formula is C16H27ClN2O3S. The van der Waals surface area contributed by atoms with Gasteiger partial charge in [0.05, 0.1) is 11.5 Å². The Balaban J connectivity index is 0.00000264. The molecule has 1 aromatic rings. The van der Waals surface area contributed by atoms with Gasteiger partial charge in [-0.2, -0.15) is 4.31 Å². The van der Waals surface area contributed by atoms with Crippen molar-refractivity contribution in [2.24, 2.45) is 5.92 Å². The first-order valence-corrected chi connectivity index (χ1v) is 9.39. The number of halogens is 1. The van der Waals surface area contributed by atoms with Gasteiger partial charge in [0.15, 0.2) is 0 Å². The normalized spacial score (nSPS) is 16.8. The summed E-state index contributed by atoms with van der Waals surface area (Å²) < 4.78 is 32.3. The third-order valence-corrected chi connectivity index (χ3v) is 6.06. The number of sulfonamides is 1. The highest BCUT2D eigenvalue weighted by Gasteiger charge is 2.29. The highest BCUT2D eigenvalue weighted by Crippen LogP contribution is 2.26. The van der Waals surface area contributed by atoms with Gasteiger partial charge in [-0.1, -0.05) is 0 Å². The molecule has 0 unspecified atom stereocenters. The molecular weight excluding hydrogens is 336 g/mol. The number of ether oxygens (including phenoxy) is 1. The average Bonchev–Trinajstić information content (AvgIpc) is 2.54. The minimum absolute atomic E-state index is 0. The van der Waals surface area contributed by atoms with Crippen LogP contribution in [-0.2, 0) is 10.0 Å². The third-order valence-electron chi connectivity index (χ3n) is 4.15. The van der Waals surface area contributed by atoms with Crippen LogP contribution in [0.2, 0.25) is 0 Å². The fraction of sp³-hybridized carbons (Fsp3) is 0.625. The fourth-order valence-corrected chi connectivity index (χ4v) is 4.28. The van der Waals surface area contributed by atoms with Gasteiger partial charge in [-0.25, -0.2) is 8.42 Å². The van der Waals surface area contributed by atoms with Gasteiger partial charge in [-0.05, 0) is 70.0 Å². The molecule has 1 N–H and O–H groups in total. The summed E-state index contributed by atoms with van der Waals surface area (Å²) in [6.45, 7) is 4.71. The Bertz CT molecular complexity index is 555. The summed E-state index contributed by atoms with van der Waals surface area (Å²) in [5.74, 6) is 1.33. The van der Waals surface area contributed by atoms with Gasteiger partial charge in [0.1, 0.15) is 5.75 Å². The number of piperidine rings is 1. The zero-order valence-electron chi connectivity index (χ0n) is 13.8. The molecule has 1 aliphatic heterocycles. The summed E-state index contributed by atoms with van der Waals surface area (Å²) in [5.41, 5.74) is 0. The summed E-state index contributed by atoms with van der Waals surface area (Å²) >= 11 is 0. The van der Waals surface area contributed by atoms with Gasteiger partial charge in [0.25, 0.3) is 0 Å². The van der Waals surface area contributed by atoms with Crippen molar-refractivity contribution in [1.82, 2.24) is 9.62 Å². The molecule has 7 heteroatoms. The van der Waals surface area contributed by atoms with Crippen molar-refractivity contribution in [2.75, 3.05) is 33.3 Å². The van der Waals surface area contributed by atoms with E-state index in [2.05, 4.69) is 5.32 Å². The molecule has 1 aromatic carbocycles. The van der Waals surface area contributed by atoms with E-state index < -0.39 is 10.0 Å². The van der Waals surface area contributed by atoms with Gasteiger partial charge in [-0.15, -0.1) is 12.4 Å². The number of hydrogen-bond acceptors (Lipinski definition) is 4. The second kappa shape index (κ2) is 9.47. The third kappa shape index (κ3) is 5.35. The SMILES string of the molecule is CCOc1ccc(S(=O)(=O)N2CCC(CCNC)CC2)cc1.Cl. The maximum Gasteiger partial charge on any atom is 0.243 e. The summed E-state index contributed by atoms with van der Waals surface area (Å²) in [6.07, 6.45) is 3.00. The Morgan fingerprint density at radius 2 is 1.83 bits per heavy atom. The lowest BCUT2D eigenvalue weighted by atomic mass is 9.95. The van der Waals surface area contributed by atoms with E-state index in [1.54, 1.807) is 28.6 Å². The Hall–Kier alpha value is -0.820. The maximum absolute atomic E-state index is 12.6. The Morgan fingerprint density at radius 3 is 2.35 bits per heavy atom. The van der Waals surface area contributed by atoms with Gasteiger partial charge < -0.3 is 10.1 Å². The standard InChI is InChI=1S/C16H26N2O3S.ClH/c1-3-21-15-4-6-16(7-5-15)22(19,20)18-12-9-14(10-13-18)8-11-17-2;/h4-7,14,17H,3,8-13H2,1-2H3;1H. The van der Waals surface area contributed by atoms with Crippen molar-refractivity contribution in [3.63, 3.8) is 0 Å². The molecule has 1 saturated heterocycles. The molecule has 132 valence electrons.